The van der Waals surface area contributed by atoms with E-state index in [1.54, 1.807) is 30.6 Å². The van der Waals surface area contributed by atoms with Gasteiger partial charge in [0.15, 0.2) is 0 Å². The zero-order valence-electron chi connectivity index (χ0n) is 16.1. The second-order valence-corrected chi connectivity index (χ2v) is 7.65. The zero-order valence-corrected chi connectivity index (χ0v) is 16.1. The molecule has 0 spiro atoms. The molecular formula is C19H26N6O2. The lowest BCUT2D eigenvalue weighted by molar-refractivity contribution is -0.384. The fourth-order valence-electron chi connectivity index (χ4n) is 3.25. The Morgan fingerprint density at radius 1 is 1.07 bits per heavy atom. The molecule has 1 saturated heterocycles. The van der Waals surface area contributed by atoms with Gasteiger partial charge >= 0.3 is 5.69 Å². The number of nitrogens with zero attached hydrogens (tertiary/aromatic N) is 5. The van der Waals surface area contributed by atoms with E-state index in [0.29, 0.717) is 5.69 Å². The topological polar surface area (TPSA) is 87.4 Å². The van der Waals surface area contributed by atoms with Crippen LogP contribution in [0.15, 0.2) is 36.7 Å². The number of aromatic nitrogens is 2. The summed E-state index contributed by atoms with van der Waals surface area (Å²) in [4.78, 5) is 24.2. The quantitative estimate of drug-likeness (QED) is 0.651. The number of anilines is 3. The van der Waals surface area contributed by atoms with Crippen molar-refractivity contribution in [3.8, 4) is 0 Å². The summed E-state index contributed by atoms with van der Waals surface area (Å²) < 4.78 is 0. The maximum absolute atomic E-state index is 11.4. The van der Waals surface area contributed by atoms with Gasteiger partial charge in [0.25, 0.3) is 0 Å². The Bertz CT molecular complexity index is 791. The normalized spacial score (nSPS) is 16.0. The highest BCUT2D eigenvalue weighted by atomic mass is 16.6. The first-order chi connectivity index (χ1) is 12.8. The van der Waals surface area contributed by atoms with Crippen molar-refractivity contribution < 1.29 is 4.92 Å². The minimum atomic E-state index is -0.413. The van der Waals surface area contributed by atoms with Crippen LogP contribution in [0.4, 0.5) is 23.0 Å². The van der Waals surface area contributed by atoms with Gasteiger partial charge < -0.3 is 10.2 Å². The molecule has 2 aromatic rings. The lowest BCUT2D eigenvalue weighted by atomic mass is 10.1. The van der Waals surface area contributed by atoms with Crippen LogP contribution in [0.25, 0.3) is 0 Å². The molecule has 0 bridgehead atoms. The smallest absolute Gasteiger partial charge is 0.311 e. The Morgan fingerprint density at radius 2 is 1.81 bits per heavy atom. The Morgan fingerprint density at radius 3 is 2.48 bits per heavy atom. The molecule has 0 atom stereocenters. The van der Waals surface area contributed by atoms with Gasteiger partial charge in [-0.15, -0.1) is 0 Å². The van der Waals surface area contributed by atoms with Gasteiger partial charge in [0, 0.05) is 55.9 Å². The summed E-state index contributed by atoms with van der Waals surface area (Å²) in [6.07, 6.45) is 4.30. The molecule has 0 aromatic carbocycles. The van der Waals surface area contributed by atoms with E-state index in [1.807, 2.05) is 0 Å². The van der Waals surface area contributed by atoms with Gasteiger partial charge in [0.05, 0.1) is 4.92 Å². The summed E-state index contributed by atoms with van der Waals surface area (Å²) in [6, 6.07) is 6.78. The molecular weight excluding hydrogens is 344 g/mol. The van der Waals surface area contributed by atoms with Crippen LogP contribution in [-0.4, -0.2) is 51.5 Å². The Kier molecular flexibility index (Phi) is 5.55. The Balaban J connectivity index is 1.84. The van der Waals surface area contributed by atoms with Gasteiger partial charge in [-0.1, -0.05) is 0 Å². The second kappa shape index (κ2) is 7.87. The Labute approximate surface area is 159 Å². The van der Waals surface area contributed by atoms with E-state index >= 15 is 0 Å². The third kappa shape index (κ3) is 4.71. The number of rotatable bonds is 4. The summed E-state index contributed by atoms with van der Waals surface area (Å²) in [5.74, 6) is 1.01. The van der Waals surface area contributed by atoms with Crippen molar-refractivity contribution in [2.45, 2.75) is 32.7 Å². The van der Waals surface area contributed by atoms with Gasteiger partial charge in [-0.2, -0.15) is 0 Å². The zero-order chi connectivity index (χ0) is 19.4. The average Bonchev–Trinajstić information content (AvgIpc) is 2.88. The molecule has 3 rings (SSSR count). The van der Waals surface area contributed by atoms with Crippen LogP contribution in [0.1, 0.15) is 27.2 Å². The fourth-order valence-corrected chi connectivity index (χ4v) is 3.25. The summed E-state index contributed by atoms with van der Waals surface area (Å²) in [5, 5.41) is 14.5. The molecule has 1 N–H and O–H groups in total. The van der Waals surface area contributed by atoms with Gasteiger partial charge in [-0.3, -0.25) is 20.0 Å². The molecule has 0 amide bonds. The summed E-state index contributed by atoms with van der Waals surface area (Å²) >= 11 is 0. The molecule has 1 aliphatic rings. The maximum atomic E-state index is 11.4. The molecule has 144 valence electrons. The molecule has 1 fully saturated rings. The van der Waals surface area contributed by atoms with Crippen molar-refractivity contribution in [1.82, 2.24) is 14.9 Å². The summed E-state index contributed by atoms with van der Waals surface area (Å²) in [5.41, 5.74) is 0.807. The molecule has 0 aliphatic carbocycles. The third-order valence-electron chi connectivity index (χ3n) is 4.77. The number of nitrogens with one attached hydrogen (secondary N) is 1. The van der Waals surface area contributed by atoms with E-state index < -0.39 is 4.92 Å². The SMILES string of the molecule is CC(C)(C)N1CCCN(c2ccc([N+](=O)[O-])c(Nc3ccncc3)n2)CC1. The molecule has 0 saturated carbocycles. The van der Waals surface area contributed by atoms with E-state index in [0.717, 1.165) is 38.4 Å². The first-order valence-corrected chi connectivity index (χ1v) is 9.17. The van der Waals surface area contributed by atoms with Crippen molar-refractivity contribution in [3.05, 3.63) is 46.8 Å². The highest BCUT2D eigenvalue weighted by Gasteiger charge is 2.25. The van der Waals surface area contributed by atoms with Gasteiger partial charge in [0.2, 0.25) is 5.82 Å². The van der Waals surface area contributed by atoms with Gasteiger partial charge in [-0.05, 0) is 45.4 Å². The van der Waals surface area contributed by atoms with E-state index in [1.165, 1.54) is 6.07 Å². The fraction of sp³-hybridized carbons (Fsp3) is 0.474. The van der Waals surface area contributed by atoms with E-state index in [4.69, 9.17) is 0 Å². The maximum Gasteiger partial charge on any atom is 0.311 e. The minimum Gasteiger partial charge on any atom is -0.355 e. The largest absolute Gasteiger partial charge is 0.355 e. The summed E-state index contributed by atoms with van der Waals surface area (Å²) in [6.45, 7) is 10.4. The van der Waals surface area contributed by atoms with Crippen molar-refractivity contribution in [2.75, 3.05) is 36.4 Å². The van der Waals surface area contributed by atoms with Gasteiger partial charge in [0.1, 0.15) is 5.82 Å². The van der Waals surface area contributed by atoms with Crippen LogP contribution < -0.4 is 10.2 Å². The standard InChI is InChI=1S/C19H26N6O2/c1-19(2,3)24-12-4-11-23(13-14-24)17-6-5-16(25(26)27)18(22-17)21-15-7-9-20-10-8-15/h5-10H,4,11-14H2,1-3H3,(H,20,21,22). The number of hydrogen-bond acceptors (Lipinski definition) is 7. The predicted octanol–water partition coefficient (Wildman–Crippen LogP) is 3.44. The molecule has 1 aliphatic heterocycles. The minimum absolute atomic E-state index is 0.0401. The molecule has 8 nitrogen and oxygen atoms in total. The first-order valence-electron chi connectivity index (χ1n) is 9.17. The highest BCUT2D eigenvalue weighted by molar-refractivity contribution is 5.67. The van der Waals surface area contributed by atoms with Gasteiger partial charge in [-0.25, -0.2) is 4.98 Å². The van der Waals surface area contributed by atoms with E-state index in [-0.39, 0.29) is 17.0 Å². The van der Waals surface area contributed by atoms with Crippen molar-refractivity contribution in [3.63, 3.8) is 0 Å². The van der Waals surface area contributed by atoms with Crippen LogP contribution in [0, 0.1) is 10.1 Å². The second-order valence-electron chi connectivity index (χ2n) is 7.65. The molecule has 8 heteroatoms. The van der Waals surface area contributed by atoms with Crippen LogP contribution >= 0.6 is 0 Å². The van der Waals surface area contributed by atoms with E-state index in [9.17, 15) is 10.1 Å². The van der Waals surface area contributed by atoms with E-state index in [2.05, 4.69) is 45.9 Å². The average molecular weight is 370 g/mol. The lowest BCUT2D eigenvalue weighted by Gasteiger charge is -2.34. The number of pyridine rings is 2. The highest BCUT2D eigenvalue weighted by Crippen LogP contribution is 2.29. The Hall–Kier alpha value is -2.74. The van der Waals surface area contributed by atoms with Crippen LogP contribution in [0.3, 0.4) is 0 Å². The van der Waals surface area contributed by atoms with Crippen LogP contribution in [0.5, 0.6) is 0 Å². The van der Waals surface area contributed by atoms with Crippen molar-refractivity contribution >= 4 is 23.0 Å². The first kappa shape index (κ1) is 19.0. The summed E-state index contributed by atoms with van der Waals surface area (Å²) in [7, 11) is 0. The molecule has 0 radical (unpaired) electrons. The molecule has 3 heterocycles. The van der Waals surface area contributed by atoms with Crippen molar-refractivity contribution in [2.24, 2.45) is 0 Å². The van der Waals surface area contributed by atoms with Crippen LogP contribution in [0.2, 0.25) is 0 Å². The predicted molar refractivity (Wildman–Crippen MR) is 107 cm³/mol. The molecule has 2 aromatic heterocycles. The van der Waals surface area contributed by atoms with Crippen LogP contribution in [-0.2, 0) is 0 Å². The number of nitro groups is 1. The third-order valence-corrected chi connectivity index (χ3v) is 4.77. The monoisotopic (exact) mass is 370 g/mol. The lowest BCUT2D eigenvalue weighted by Crippen LogP contribution is -2.43. The molecule has 27 heavy (non-hydrogen) atoms. The molecule has 0 unspecified atom stereocenters. The number of hydrogen-bond donors (Lipinski definition) is 1. The van der Waals surface area contributed by atoms with Crippen molar-refractivity contribution in [1.29, 1.82) is 0 Å².